The Hall–Kier alpha value is -6.37. The molecular weight excluding hydrogens is 898 g/mol. The largest absolute Gasteiger partial charge is 0.369 e. The first-order valence-corrected chi connectivity index (χ1v) is 25.2. The molecule has 0 aliphatic carbocycles. The fourth-order valence-corrected chi connectivity index (χ4v) is 11.3. The topological polar surface area (TPSA) is 139 Å². The molecule has 8 heterocycles. The maximum atomic E-state index is 14.8. The number of urea groups is 1. The number of halogens is 3. The van der Waals surface area contributed by atoms with Gasteiger partial charge in [-0.05, 0) is 99.4 Å². The van der Waals surface area contributed by atoms with E-state index in [1.165, 1.54) is 6.07 Å². The minimum Gasteiger partial charge on any atom is -0.369 e. The van der Waals surface area contributed by atoms with Crippen molar-refractivity contribution in [2.45, 2.75) is 89.3 Å². The summed E-state index contributed by atoms with van der Waals surface area (Å²) in [4.78, 5) is 48.5. The van der Waals surface area contributed by atoms with Gasteiger partial charge in [0.05, 0.1) is 18.8 Å². The molecule has 372 valence electrons. The number of piperazine rings is 1. The summed E-state index contributed by atoms with van der Waals surface area (Å²) >= 11 is 0. The van der Waals surface area contributed by atoms with Crippen molar-refractivity contribution in [3.63, 3.8) is 0 Å². The number of hydrogen-bond acceptors (Lipinski definition) is 11. The van der Waals surface area contributed by atoms with Gasteiger partial charge in [-0.2, -0.15) is 10.2 Å². The Morgan fingerprint density at radius 3 is 2.49 bits per heavy atom. The molecule has 5 aliphatic rings. The summed E-state index contributed by atoms with van der Waals surface area (Å²) in [6.07, 6.45) is 10.5. The van der Waals surface area contributed by atoms with Gasteiger partial charge in [-0.3, -0.25) is 19.1 Å². The van der Waals surface area contributed by atoms with Crippen molar-refractivity contribution in [2.75, 3.05) is 99.1 Å². The van der Waals surface area contributed by atoms with Gasteiger partial charge in [0.1, 0.15) is 23.8 Å². The predicted molar refractivity (Wildman–Crippen MR) is 264 cm³/mol. The molecule has 3 amide bonds. The molecule has 5 aromatic rings. The highest BCUT2D eigenvalue weighted by Gasteiger charge is 2.36. The number of fused-ring (bicyclic) bond motifs is 2. The van der Waals surface area contributed by atoms with E-state index >= 15 is 0 Å². The van der Waals surface area contributed by atoms with Crippen LogP contribution in [0.5, 0.6) is 0 Å². The Balaban J connectivity index is 0.714. The minimum absolute atomic E-state index is 0.0370. The van der Waals surface area contributed by atoms with Gasteiger partial charge in [0.2, 0.25) is 5.91 Å². The van der Waals surface area contributed by atoms with E-state index < -0.39 is 6.43 Å². The Morgan fingerprint density at radius 2 is 1.71 bits per heavy atom. The van der Waals surface area contributed by atoms with E-state index in [4.69, 9.17) is 5.10 Å². The molecule has 0 saturated carbocycles. The molecule has 2 N–H and O–H groups in total. The van der Waals surface area contributed by atoms with Crippen LogP contribution < -0.4 is 25.3 Å². The van der Waals surface area contributed by atoms with Gasteiger partial charge < -0.3 is 35.1 Å². The highest BCUT2D eigenvalue weighted by Crippen LogP contribution is 2.44. The number of nitrogens with zero attached hydrogens (tertiary/aromatic N) is 12. The van der Waals surface area contributed by atoms with Crippen LogP contribution in [0.2, 0.25) is 0 Å². The Labute approximate surface area is 407 Å². The molecule has 16 nitrogen and oxygen atoms in total. The second-order valence-corrected chi connectivity index (χ2v) is 19.5. The van der Waals surface area contributed by atoms with Crippen LogP contribution in [0.3, 0.4) is 0 Å². The van der Waals surface area contributed by atoms with Crippen molar-refractivity contribution in [1.29, 1.82) is 0 Å². The summed E-state index contributed by atoms with van der Waals surface area (Å²) in [6.45, 7) is 9.07. The number of rotatable bonds is 13. The number of likely N-dealkylation sites (tertiary alicyclic amines) is 1. The highest BCUT2D eigenvalue weighted by atomic mass is 19.3. The molecule has 0 radical (unpaired) electrons. The summed E-state index contributed by atoms with van der Waals surface area (Å²) in [5.41, 5.74) is 5.79. The first kappa shape index (κ1) is 47.3. The zero-order valence-corrected chi connectivity index (χ0v) is 40.4. The Kier molecular flexibility index (Phi) is 14.1. The third-order valence-electron chi connectivity index (χ3n) is 15.0. The molecule has 10 rings (SSSR count). The molecule has 0 unspecified atom stereocenters. The number of alkyl halides is 2. The van der Waals surface area contributed by atoms with E-state index in [-0.39, 0.29) is 35.4 Å². The third kappa shape index (κ3) is 10.3. The zero-order valence-electron chi connectivity index (χ0n) is 40.4. The second-order valence-electron chi connectivity index (χ2n) is 19.5. The first-order chi connectivity index (χ1) is 34.1. The quantitative estimate of drug-likeness (QED) is 0.116. The van der Waals surface area contributed by atoms with Gasteiger partial charge in [0.25, 0.3) is 6.43 Å². The number of benzene rings is 2. The maximum absolute atomic E-state index is 14.8. The van der Waals surface area contributed by atoms with E-state index in [0.29, 0.717) is 56.7 Å². The molecule has 3 fully saturated rings. The molecule has 1 atom stereocenters. The van der Waals surface area contributed by atoms with Crippen molar-refractivity contribution < 1.29 is 22.8 Å². The normalized spacial score (nSPS) is 19.1. The third-order valence-corrected chi connectivity index (χ3v) is 15.0. The van der Waals surface area contributed by atoms with Gasteiger partial charge >= 0.3 is 6.03 Å². The average molecular weight is 963 g/mol. The van der Waals surface area contributed by atoms with Crippen molar-refractivity contribution in [3.8, 4) is 11.1 Å². The van der Waals surface area contributed by atoms with Crippen LogP contribution in [0.4, 0.5) is 46.8 Å². The molecular formula is C51H65F3N14O2. The summed E-state index contributed by atoms with van der Waals surface area (Å²) in [5, 5.41) is 15.9. The molecule has 3 aromatic heterocycles. The lowest BCUT2D eigenvalue weighted by Crippen LogP contribution is -2.47. The fraction of sp³-hybridized carbons (Fsp3) is 0.529. The zero-order chi connectivity index (χ0) is 48.3. The number of aromatic nitrogens is 6. The number of anilines is 5. The maximum Gasteiger partial charge on any atom is 0.317 e. The van der Waals surface area contributed by atoms with Crippen LogP contribution in [-0.4, -0.2) is 141 Å². The van der Waals surface area contributed by atoms with Gasteiger partial charge in [0.15, 0.2) is 5.82 Å². The molecule has 3 saturated heterocycles. The first-order valence-electron chi connectivity index (χ1n) is 25.2. The van der Waals surface area contributed by atoms with E-state index in [1.807, 2.05) is 23.1 Å². The number of unbranched alkanes of at least 4 members (excludes halogenated alkanes) is 1. The van der Waals surface area contributed by atoms with Crippen LogP contribution in [-0.2, 0) is 31.2 Å². The minimum atomic E-state index is -2.68. The van der Waals surface area contributed by atoms with Crippen molar-refractivity contribution in [3.05, 3.63) is 89.4 Å². The smallest absolute Gasteiger partial charge is 0.317 e. The number of hydrogen-bond donors (Lipinski definition) is 2. The van der Waals surface area contributed by atoms with Crippen molar-refractivity contribution in [1.82, 2.24) is 49.5 Å². The lowest BCUT2D eigenvalue weighted by molar-refractivity contribution is -0.132. The van der Waals surface area contributed by atoms with E-state index in [2.05, 4.69) is 50.0 Å². The summed E-state index contributed by atoms with van der Waals surface area (Å²) in [7, 11) is 3.41. The van der Waals surface area contributed by atoms with Crippen LogP contribution in [0, 0.1) is 5.82 Å². The summed E-state index contributed by atoms with van der Waals surface area (Å²) in [6, 6.07) is 12.5. The molecule has 70 heavy (non-hydrogen) atoms. The van der Waals surface area contributed by atoms with Crippen LogP contribution in [0.25, 0.3) is 11.1 Å². The van der Waals surface area contributed by atoms with Crippen LogP contribution in [0.15, 0.2) is 61.2 Å². The van der Waals surface area contributed by atoms with E-state index in [0.717, 1.165) is 143 Å². The molecule has 0 spiro atoms. The van der Waals surface area contributed by atoms with Gasteiger partial charge in [-0.25, -0.2) is 27.9 Å². The number of carbonyl (C=O) groups excluding carboxylic acids is 2. The van der Waals surface area contributed by atoms with Crippen molar-refractivity contribution in [2.24, 2.45) is 7.05 Å². The Morgan fingerprint density at radius 1 is 0.871 bits per heavy atom. The lowest BCUT2D eigenvalue weighted by Gasteiger charge is -2.36. The Bertz CT molecular complexity index is 2640. The van der Waals surface area contributed by atoms with Crippen molar-refractivity contribution >= 4 is 40.8 Å². The number of carbonyl (C=O) groups is 2. The molecule has 0 bridgehead atoms. The number of amides is 3. The van der Waals surface area contributed by atoms with Crippen LogP contribution in [0.1, 0.15) is 86.2 Å². The molecule has 19 heteroatoms. The lowest BCUT2D eigenvalue weighted by atomic mass is 9.92. The summed E-state index contributed by atoms with van der Waals surface area (Å²) < 4.78 is 47.2. The van der Waals surface area contributed by atoms with Crippen LogP contribution >= 0.6 is 0 Å². The van der Waals surface area contributed by atoms with Gasteiger partial charge in [-0.1, -0.05) is 6.07 Å². The SMILES string of the molecule is CNC(=O)N1CCc2c(c(N3CCCc4cc(-c5cnn(C)c5)c(C(F)F)cc43)nn2C2CCN(C(=O)CCCCN3CCN(c4cc(N[C@@H]5CCCN(c6cccc(F)c6)C5)ncn4)CC3)CC2)C1. The number of piperidine rings is 2. The molecule has 2 aromatic carbocycles. The monoisotopic (exact) mass is 963 g/mol. The second kappa shape index (κ2) is 20.9. The standard InChI is InChI=1S/C51H65F3N14O2/c1-55-51(70)66-21-15-44-43(33-66)50(67-18-6-8-35-26-41(36-30-58-61(2)31-36)42(49(53)54)28-45(35)67)60-68(44)39-13-19-64(20-14-39)48(69)12-3-4-16-62-22-24-63(25-23-62)47-29-46(56-34-57-47)59-38-10-7-17-65(32-38)40-11-5-9-37(52)27-40/h5,9,11,26-31,34,38-39,49H,3-4,6-8,10,12-25,32-33H2,1-2H3,(H,55,70)(H,56,57,59)/t38-/m1/s1. The van der Waals surface area contributed by atoms with E-state index in [1.54, 1.807) is 60.6 Å². The molecule has 5 aliphatic heterocycles. The van der Waals surface area contributed by atoms with E-state index in [9.17, 15) is 22.8 Å². The number of nitrogens with one attached hydrogen (secondary N) is 2. The summed E-state index contributed by atoms with van der Waals surface area (Å²) in [5.74, 6) is 2.43. The fourth-order valence-electron chi connectivity index (χ4n) is 11.3. The highest BCUT2D eigenvalue weighted by molar-refractivity contribution is 5.78. The van der Waals surface area contributed by atoms with Gasteiger partial charge in [-0.15, -0.1) is 0 Å². The predicted octanol–water partition coefficient (Wildman–Crippen LogP) is 7.17. The average Bonchev–Trinajstić information content (AvgIpc) is 4.00. The number of aryl methyl sites for hydroxylation is 2. The van der Waals surface area contributed by atoms with Gasteiger partial charge in [0, 0.05) is 144 Å².